The summed E-state index contributed by atoms with van der Waals surface area (Å²) in [5.41, 5.74) is -0.465. The van der Waals surface area contributed by atoms with Gasteiger partial charge in [0.05, 0.1) is 17.1 Å². The minimum absolute atomic E-state index is 0.0906. The summed E-state index contributed by atoms with van der Waals surface area (Å²) in [6, 6.07) is 1.17. The normalized spacial score (nSPS) is 22.9. The van der Waals surface area contributed by atoms with Gasteiger partial charge in [0.25, 0.3) is 0 Å². The summed E-state index contributed by atoms with van der Waals surface area (Å²) in [5.74, 6) is 0.545. The van der Waals surface area contributed by atoms with Crippen LogP contribution in [0.15, 0.2) is 18.5 Å². The highest BCUT2D eigenvalue weighted by atomic mass is 32.2. The van der Waals surface area contributed by atoms with Crippen LogP contribution in [0.25, 0.3) is 0 Å². The lowest BCUT2D eigenvalue weighted by molar-refractivity contribution is -0.137. The summed E-state index contributed by atoms with van der Waals surface area (Å²) >= 11 is 0. The van der Waals surface area contributed by atoms with Crippen LogP contribution in [0.1, 0.15) is 31.4 Å². The molecule has 0 bridgehead atoms. The fraction of sp³-hybridized carbons (Fsp3) is 0.706. The molecule has 140 valence electrons. The van der Waals surface area contributed by atoms with Crippen LogP contribution in [0.3, 0.4) is 0 Å². The van der Waals surface area contributed by atoms with Crippen LogP contribution in [-0.2, 0) is 22.4 Å². The molecule has 0 radical (unpaired) electrons. The van der Waals surface area contributed by atoms with Gasteiger partial charge < -0.3 is 4.90 Å². The number of hydrogen-bond acceptors (Lipinski definition) is 4. The zero-order valence-electron chi connectivity index (χ0n) is 14.4. The smallest absolute Gasteiger partial charge is 0.302 e. The minimum atomic E-state index is -4.38. The van der Waals surface area contributed by atoms with Gasteiger partial charge in [0.15, 0.2) is 9.84 Å². The lowest BCUT2D eigenvalue weighted by Crippen LogP contribution is -2.50. The number of alkyl halides is 3. The molecule has 3 rings (SSSR count). The van der Waals surface area contributed by atoms with Gasteiger partial charge in [-0.15, -0.1) is 0 Å². The van der Waals surface area contributed by atoms with Crippen LogP contribution in [0.2, 0.25) is 0 Å². The molecular weight excluding hydrogens is 353 g/mol. The van der Waals surface area contributed by atoms with Crippen LogP contribution in [0.5, 0.6) is 0 Å². The molecule has 1 aromatic rings. The van der Waals surface area contributed by atoms with Crippen LogP contribution in [0.4, 0.5) is 13.2 Å². The molecule has 0 N–H and O–H groups in total. The predicted octanol–water partition coefficient (Wildman–Crippen LogP) is 2.79. The summed E-state index contributed by atoms with van der Waals surface area (Å²) in [7, 11) is -2.85. The van der Waals surface area contributed by atoms with Crippen molar-refractivity contribution in [2.24, 2.45) is 10.8 Å². The van der Waals surface area contributed by atoms with E-state index in [0.717, 1.165) is 32.3 Å². The number of rotatable bonds is 4. The van der Waals surface area contributed by atoms with Crippen molar-refractivity contribution >= 4 is 9.84 Å². The lowest BCUT2D eigenvalue weighted by atomic mass is 9.85. The molecule has 1 aromatic heterocycles. The topological polar surface area (TPSA) is 50.3 Å². The number of aromatic nitrogens is 1. The second-order valence-corrected chi connectivity index (χ2v) is 10.5. The second kappa shape index (κ2) is 5.94. The molecule has 0 unspecified atom stereocenters. The van der Waals surface area contributed by atoms with Crippen molar-refractivity contribution in [2.75, 3.05) is 31.1 Å². The number of hydrogen-bond donors (Lipinski definition) is 0. The minimum Gasteiger partial charge on any atom is -0.302 e. The van der Waals surface area contributed by atoms with E-state index in [1.165, 1.54) is 12.3 Å². The fourth-order valence-corrected chi connectivity index (χ4v) is 6.49. The largest absolute Gasteiger partial charge is 0.417 e. The van der Waals surface area contributed by atoms with Crippen molar-refractivity contribution < 1.29 is 21.6 Å². The van der Waals surface area contributed by atoms with E-state index < -0.39 is 21.6 Å². The second-order valence-electron chi connectivity index (χ2n) is 8.41. The molecule has 0 amide bonds. The third-order valence-electron chi connectivity index (χ3n) is 5.03. The van der Waals surface area contributed by atoms with Crippen molar-refractivity contribution in [2.45, 2.75) is 32.9 Å². The number of likely N-dealkylation sites (tertiary alicyclic amines) is 1. The molecule has 8 heteroatoms. The van der Waals surface area contributed by atoms with Gasteiger partial charge in [-0.25, -0.2) is 8.42 Å². The van der Waals surface area contributed by atoms with E-state index in [9.17, 15) is 21.6 Å². The van der Waals surface area contributed by atoms with E-state index in [1.54, 1.807) is 0 Å². The van der Waals surface area contributed by atoms with Crippen molar-refractivity contribution in [3.63, 3.8) is 0 Å². The third kappa shape index (κ3) is 4.34. The Morgan fingerprint density at radius 1 is 1.24 bits per heavy atom. The first-order valence-corrected chi connectivity index (χ1v) is 10.1. The molecule has 2 fully saturated rings. The first-order chi connectivity index (χ1) is 11.4. The quantitative estimate of drug-likeness (QED) is 0.811. The zero-order chi connectivity index (χ0) is 18.5. The van der Waals surface area contributed by atoms with E-state index in [1.807, 2.05) is 13.8 Å². The Hall–Kier alpha value is -1.15. The summed E-state index contributed by atoms with van der Waals surface area (Å²) in [6.07, 6.45) is -0.679. The monoisotopic (exact) mass is 376 g/mol. The average molecular weight is 376 g/mol. The molecule has 2 saturated heterocycles. The Kier molecular flexibility index (Phi) is 4.43. The summed E-state index contributed by atoms with van der Waals surface area (Å²) in [4.78, 5) is 5.97. The van der Waals surface area contributed by atoms with Crippen molar-refractivity contribution in [3.05, 3.63) is 29.6 Å². The SMILES string of the molecule is CC(C)(Cc1cncc(C(F)(F)F)c1)CN1CCC2(C1)CS(=O)(=O)C2. The van der Waals surface area contributed by atoms with Crippen molar-refractivity contribution in [3.8, 4) is 0 Å². The number of sulfone groups is 1. The molecule has 4 nitrogen and oxygen atoms in total. The van der Waals surface area contributed by atoms with Gasteiger partial charge in [-0.3, -0.25) is 4.98 Å². The van der Waals surface area contributed by atoms with Gasteiger partial charge >= 0.3 is 6.18 Å². The van der Waals surface area contributed by atoms with E-state index in [2.05, 4.69) is 9.88 Å². The van der Waals surface area contributed by atoms with Gasteiger partial charge in [0, 0.05) is 30.9 Å². The highest BCUT2D eigenvalue weighted by molar-refractivity contribution is 7.92. The molecule has 1 spiro atoms. The summed E-state index contributed by atoms with van der Waals surface area (Å²) < 4.78 is 61.4. The average Bonchev–Trinajstić information content (AvgIpc) is 2.78. The Balaban J connectivity index is 1.62. The molecular formula is C17H23F3N2O2S. The van der Waals surface area contributed by atoms with Crippen molar-refractivity contribution in [1.29, 1.82) is 0 Å². The Morgan fingerprint density at radius 3 is 2.52 bits per heavy atom. The first-order valence-electron chi connectivity index (χ1n) is 8.32. The van der Waals surface area contributed by atoms with Gasteiger partial charge in [0.1, 0.15) is 0 Å². The van der Waals surface area contributed by atoms with E-state index >= 15 is 0 Å². The van der Waals surface area contributed by atoms with Gasteiger partial charge in [-0.2, -0.15) is 13.2 Å². The third-order valence-corrected chi connectivity index (χ3v) is 7.13. The highest BCUT2D eigenvalue weighted by Crippen LogP contribution is 2.42. The first kappa shape index (κ1) is 18.6. The maximum Gasteiger partial charge on any atom is 0.417 e. The number of nitrogens with zero attached hydrogens (tertiary/aromatic N) is 2. The van der Waals surface area contributed by atoms with Crippen LogP contribution < -0.4 is 0 Å². The fourth-order valence-electron chi connectivity index (χ4n) is 4.24. The molecule has 2 aliphatic rings. The molecule has 25 heavy (non-hydrogen) atoms. The lowest BCUT2D eigenvalue weighted by Gasteiger charge is -2.38. The Labute approximate surface area is 146 Å². The number of halogens is 3. The molecule has 3 heterocycles. The maximum atomic E-state index is 12.8. The van der Waals surface area contributed by atoms with Crippen LogP contribution in [-0.4, -0.2) is 49.4 Å². The molecule has 0 aliphatic carbocycles. The van der Waals surface area contributed by atoms with Gasteiger partial charge in [-0.1, -0.05) is 13.8 Å². The van der Waals surface area contributed by atoms with Gasteiger partial charge in [0.2, 0.25) is 0 Å². The summed E-state index contributed by atoms with van der Waals surface area (Å²) in [5, 5.41) is 0. The van der Waals surface area contributed by atoms with Crippen molar-refractivity contribution in [1.82, 2.24) is 9.88 Å². The molecule has 0 aromatic carbocycles. The van der Waals surface area contributed by atoms with Gasteiger partial charge in [-0.05, 0) is 36.4 Å². The van der Waals surface area contributed by atoms with Crippen LogP contribution >= 0.6 is 0 Å². The summed E-state index contributed by atoms with van der Waals surface area (Å²) in [6.45, 7) is 6.38. The van der Waals surface area contributed by atoms with Crippen LogP contribution in [0, 0.1) is 10.8 Å². The Morgan fingerprint density at radius 2 is 1.92 bits per heavy atom. The maximum absolute atomic E-state index is 12.8. The Bertz CT molecular complexity index is 747. The molecule has 0 saturated carbocycles. The molecule has 0 atom stereocenters. The standard InChI is InChI=1S/C17H23F3N2O2S/c1-15(2,6-13-5-14(8-21-7-13)17(18,19)20)9-22-4-3-16(10-22)11-25(23,24)12-16/h5,7-8H,3-4,6,9-12H2,1-2H3. The van der Waals surface area contributed by atoms with E-state index in [0.29, 0.717) is 12.0 Å². The predicted molar refractivity (Wildman–Crippen MR) is 88.9 cm³/mol. The molecule has 2 aliphatic heterocycles. The highest BCUT2D eigenvalue weighted by Gasteiger charge is 2.52. The van der Waals surface area contributed by atoms with E-state index in [-0.39, 0.29) is 22.3 Å². The number of pyridine rings is 1. The van der Waals surface area contributed by atoms with E-state index in [4.69, 9.17) is 0 Å². The zero-order valence-corrected chi connectivity index (χ0v) is 15.3.